The number of unbranched alkanes of at least 4 members (excludes halogenated alkanes) is 19. The van der Waals surface area contributed by atoms with E-state index in [0.29, 0.717) is 39.0 Å². The van der Waals surface area contributed by atoms with Crippen LogP contribution in [0.4, 0.5) is 0 Å². The van der Waals surface area contributed by atoms with Gasteiger partial charge in [-0.25, -0.2) is 0 Å². The number of carbonyl (C=O) groups excluding carboxylic acids is 2. The lowest BCUT2D eigenvalue weighted by Gasteiger charge is -2.26. The maximum absolute atomic E-state index is 12.5. The fourth-order valence-corrected chi connectivity index (χ4v) is 6.38. The fraction of sp³-hybridized carbons (Fsp3) is 0.950. The average molecular weight is 713 g/mol. The maximum Gasteiger partial charge on any atom is 0.221 e. The van der Waals surface area contributed by atoms with Crippen LogP contribution in [0.3, 0.4) is 0 Å². The molecule has 2 amide bonds. The van der Waals surface area contributed by atoms with Crippen LogP contribution in [0.15, 0.2) is 0 Å². The minimum absolute atomic E-state index is 0.0570. The molecule has 0 spiro atoms. The first-order valence-electron chi connectivity index (χ1n) is 21.1. The molecule has 0 aromatic rings. The maximum atomic E-state index is 12.5. The third kappa shape index (κ3) is 33.8. The van der Waals surface area contributed by atoms with E-state index in [1.165, 1.54) is 103 Å². The van der Waals surface area contributed by atoms with Gasteiger partial charge in [0.25, 0.3) is 0 Å². The number of amides is 2. The molecule has 0 rings (SSSR count). The van der Waals surface area contributed by atoms with Gasteiger partial charge in [0.15, 0.2) is 0 Å². The Morgan fingerprint density at radius 1 is 0.480 bits per heavy atom. The molecule has 0 heterocycles. The van der Waals surface area contributed by atoms with Gasteiger partial charge in [0.1, 0.15) is 0 Å². The standard InChI is InChI=1S/C40H84N6O4/c1-3-5-7-9-11-13-15-17-19-21-27-43-39(49)25-31-45(35-37(47)33-41)29-23-24-30-46(36-38(48)34-42)32-26-40(50)44-28-22-20-18-16-14-12-10-8-6-4-2/h37-38,47-48H,3-36,41-42H2,1-2H3,(H,43,49)(H,44,50). The van der Waals surface area contributed by atoms with Gasteiger partial charge in [-0.15, -0.1) is 0 Å². The van der Waals surface area contributed by atoms with Crippen molar-refractivity contribution in [3.8, 4) is 0 Å². The summed E-state index contributed by atoms with van der Waals surface area (Å²) in [5.41, 5.74) is 11.4. The molecule has 0 aliphatic heterocycles. The molecule has 0 aromatic heterocycles. The molecule has 0 bridgehead atoms. The van der Waals surface area contributed by atoms with Crippen LogP contribution in [0.25, 0.3) is 0 Å². The van der Waals surface area contributed by atoms with Crippen molar-refractivity contribution in [3.05, 3.63) is 0 Å². The largest absolute Gasteiger partial charge is 0.390 e. The second-order valence-electron chi connectivity index (χ2n) is 14.7. The Bertz CT molecular complexity index is 687. The molecule has 0 radical (unpaired) electrons. The van der Waals surface area contributed by atoms with E-state index in [0.717, 1.165) is 64.7 Å². The Kier molecular flexibility index (Phi) is 36.5. The highest BCUT2D eigenvalue weighted by Crippen LogP contribution is 2.11. The Morgan fingerprint density at radius 3 is 1.08 bits per heavy atom. The van der Waals surface area contributed by atoms with E-state index in [2.05, 4.69) is 34.3 Å². The number of hydrogen-bond donors (Lipinski definition) is 6. The summed E-state index contributed by atoms with van der Waals surface area (Å²) in [6, 6.07) is 0. The summed E-state index contributed by atoms with van der Waals surface area (Å²) in [5.74, 6) is 0.114. The number of rotatable bonds is 39. The first kappa shape index (κ1) is 48.7. The number of hydrogen-bond acceptors (Lipinski definition) is 8. The molecule has 10 heteroatoms. The topological polar surface area (TPSA) is 157 Å². The van der Waals surface area contributed by atoms with Gasteiger partial charge in [0.2, 0.25) is 11.8 Å². The first-order chi connectivity index (χ1) is 24.4. The van der Waals surface area contributed by atoms with Crippen LogP contribution in [0.2, 0.25) is 0 Å². The van der Waals surface area contributed by atoms with Gasteiger partial charge in [-0.05, 0) is 38.8 Å². The highest BCUT2D eigenvalue weighted by molar-refractivity contribution is 5.76. The Balaban J connectivity index is 4.29. The van der Waals surface area contributed by atoms with Crippen LogP contribution < -0.4 is 22.1 Å². The van der Waals surface area contributed by atoms with Crippen LogP contribution in [0.5, 0.6) is 0 Å². The zero-order valence-electron chi connectivity index (χ0n) is 33.0. The molecular formula is C40H84N6O4. The van der Waals surface area contributed by atoms with Gasteiger partial charge in [-0.1, -0.05) is 129 Å². The Hall–Kier alpha value is -1.30. The van der Waals surface area contributed by atoms with Crippen molar-refractivity contribution in [3.63, 3.8) is 0 Å². The van der Waals surface area contributed by atoms with E-state index >= 15 is 0 Å². The second kappa shape index (κ2) is 37.5. The Morgan fingerprint density at radius 2 is 0.780 bits per heavy atom. The molecule has 50 heavy (non-hydrogen) atoms. The van der Waals surface area contributed by atoms with Gasteiger partial charge in [-0.2, -0.15) is 0 Å². The molecular weight excluding hydrogens is 628 g/mol. The third-order valence-corrected chi connectivity index (χ3v) is 9.70. The van der Waals surface area contributed by atoms with Crippen molar-refractivity contribution < 1.29 is 19.8 Å². The summed E-state index contributed by atoms with van der Waals surface area (Å²) in [5, 5.41) is 26.6. The summed E-state index contributed by atoms with van der Waals surface area (Å²) < 4.78 is 0. The number of carbonyl (C=O) groups is 2. The molecule has 0 aliphatic carbocycles. The molecule has 8 N–H and O–H groups in total. The normalized spacial score (nSPS) is 12.9. The smallest absolute Gasteiger partial charge is 0.221 e. The number of nitrogens with zero attached hydrogens (tertiary/aromatic N) is 2. The minimum Gasteiger partial charge on any atom is -0.390 e. The van der Waals surface area contributed by atoms with Crippen LogP contribution in [0.1, 0.15) is 168 Å². The predicted molar refractivity (Wildman–Crippen MR) is 211 cm³/mol. The lowest BCUT2D eigenvalue weighted by molar-refractivity contribution is -0.122. The monoisotopic (exact) mass is 713 g/mol. The van der Waals surface area contributed by atoms with E-state index in [1.807, 2.05) is 0 Å². The van der Waals surface area contributed by atoms with Crippen molar-refractivity contribution in [2.75, 3.05) is 65.4 Å². The molecule has 0 saturated heterocycles. The molecule has 298 valence electrons. The highest BCUT2D eigenvalue weighted by Gasteiger charge is 2.15. The minimum atomic E-state index is -0.625. The van der Waals surface area contributed by atoms with Gasteiger partial charge >= 0.3 is 0 Å². The first-order valence-corrected chi connectivity index (χ1v) is 21.1. The van der Waals surface area contributed by atoms with E-state index in [9.17, 15) is 19.8 Å². The zero-order chi connectivity index (χ0) is 36.9. The molecule has 2 atom stereocenters. The van der Waals surface area contributed by atoms with Crippen molar-refractivity contribution >= 4 is 11.8 Å². The average Bonchev–Trinajstić information content (AvgIpc) is 3.11. The predicted octanol–water partition coefficient (Wildman–Crippen LogP) is 5.86. The lowest BCUT2D eigenvalue weighted by Crippen LogP contribution is -2.40. The van der Waals surface area contributed by atoms with Crippen LogP contribution in [-0.2, 0) is 9.59 Å². The second-order valence-corrected chi connectivity index (χ2v) is 14.7. The van der Waals surface area contributed by atoms with Crippen molar-refractivity contribution in [2.24, 2.45) is 11.5 Å². The van der Waals surface area contributed by atoms with E-state index in [1.54, 1.807) is 0 Å². The van der Waals surface area contributed by atoms with Crippen LogP contribution in [-0.4, -0.2) is 109 Å². The summed E-state index contributed by atoms with van der Waals surface area (Å²) in [7, 11) is 0. The quantitative estimate of drug-likeness (QED) is 0.0433. The van der Waals surface area contributed by atoms with Crippen LogP contribution >= 0.6 is 0 Å². The van der Waals surface area contributed by atoms with Gasteiger partial charge in [0, 0.05) is 65.2 Å². The molecule has 0 aromatic carbocycles. The number of nitrogens with one attached hydrogen (secondary N) is 2. The summed E-state index contributed by atoms with van der Waals surface area (Å²) >= 11 is 0. The SMILES string of the molecule is CCCCCCCCCCCCNC(=O)CCN(CCCCN(CCC(=O)NCCCCCCCCCCCC)CC(O)CN)CC(O)CN. The van der Waals surface area contributed by atoms with E-state index in [4.69, 9.17) is 11.5 Å². The summed E-state index contributed by atoms with van der Waals surface area (Å²) in [6.45, 7) is 9.86. The summed E-state index contributed by atoms with van der Waals surface area (Å²) in [6.07, 6.45) is 26.8. The number of aliphatic hydroxyl groups excluding tert-OH is 2. The summed E-state index contributed by atoms with van der Waals surface area (Å²) in [4.78, 5) is 29.3. The highest BCUT2D eigenvalue weighted by atomic mass is 16.3. The number of aliphatic hydroxyl groups is 2. The molecule has 0 fully saturated rings. The molecule has 2 unspecified atom stereocenters. The van der Waals surface area contributed by atoms with Gasteiger partial charge < -0.3 is 42.1 Å². The van der Waals surface area contributed by atoms with Crippen molar-refractivity contribution in [2.45, 2.75) is 180 Å². The zero-order valence-corrected chi connectivity index (χ0v) is 33.0. The van der Waals surface area contributed by atoms with Crippen LogP contribution in [0, 0.1) is 0 Å². The third-order valence-electron chi connectivity index (χ3n) is 9.70. The lowest BCUT2D eigenvalue weighted by atomic mass is 10.1. The van der Waals surface area contributed by atoms with E-state index < -0.39 is 12.2 Å². The van der Waals surface area contributed by atoms with Gasteiger partial charge in [0.05, 0.1) is 12.2 Å². The molecule has 0 aliphatic rings. The molecule has 10 nitrogen and oxygen atoms in total. The number of nitrogens with two attached hydrogens (primary N) is 2. The van der Waals surface area contributed by atoms with Gasteiger partial charge in [-0.3, -0.25) is 9.59 Å². The molecule has 0 saturated carbocycles. The van der Waals surface area contributed by atoms with E-state index in [-0.39, 0.29) is 24.9 Å². The Labute approximate surface area is 308 Å². The van der Waals surface area contributed by atoms with Crippen molar-refractivity contribution in [1.82, 2.24) is 20.4 Å². The fourth-order valence-electron chi connectivity index (χ4n) is 6.38. The van der Waals surface area contributed by atoms with Crippen molar-refractivity contribution in [1.29, 1.82) is 0 Å².